The molecule has 0 saturated carbocycles. The van der Waals surface area contributed by atoms with Gasteiger partial charge < -0.3 is 10.2 Å². The van der Waals surface area contributed by atoms with Crippen LogP contribution in [0, 0.1) is 5.92 Å². The molecule has 1 aromatic carbocycles. The van der Waals surface area contributed by atoms with E-state index in [0.717, 1.165) is 5.56 Å². The molecule has 3 nitrogen and oxygen atoms in total. The smallest absolute Gasteiger partial charge is 0.127 e. The highest BCUT2D eigenvalue weighted by Crippen LogP contribution is 2.27. The van der Waals surface area contributed by atoms with Crippen LogP contribution < -0.4 is 0 Å². The molecule has 1 rings (SSSR count). The Kier molecular flexibility index (Phi) is 5.35. The molecule has 0 aromatic heterocycles. The van der Waals surface area contributed by atoms with E-state index in [1.165, 1.54) is 0 Å². The summed E-state index contributed by atoms with van der Waals surface area (Å²) in [6, 6.07) is 5.55. The van der Waals surface area contributed by atoms with Gasteiger partial charge in [-0.2, -0.15) is 0 Å². The number of aromatic hydroxyl groups is 1. The average Bonchev–Trinajstić information content (AvgIpc) is 2.31. The van der Waals surface area contributed by atoms with E-state index in [4.69, 9.17) is 0 Å². The van der Waals surface area contributed by atoms with Crippen LogP contribution in [-0.4, -0.2) is 29.1 Å². The lowest BCUT2D eigenvalue weighted by Gasteiger charge is -2.13. The van der Waals surface area contributed by atoms with E-state index in [-0.39, 0.29) is 30.2 Å². The molecule has 0 spiro atoms. The summed E-state index contributed by atoms with van der Waals surface area (Å²) in [7, 11) is 0. The first-order valence-corrected chi connectivity index (χ1v) is 6.43. The fraction of sp³-hybridized carbons (Fsp3) is 0.533. The highest BCUT2D eigenvalue weighted by atomic mass is 16.3. The van der Waals surface area contributed by atoms with Gasteiger partial charge in [0.2, 0.25) is 0 Å². The van der Waals surface area contributed by atoms with Crippen molar-refractivity contribution in [3.63, 3.8) is 0 Å². The zero-order valence-electron chi connectivity index (χ0n) is 11.6. The number of hydrogen-bond acceptors (Lipinski definition) is 3. The van der Waals surface area contributed by atoms with Gasteiger partial charge in [-0.1, -0.05) is 39.8 Å². The second-order valence-electron chi connectivity index (χ2n) is 5.21. The number of aliphatic imine (C=N–C) groups is 1. The van der Waals surface area contributed by atoms with E-state index in [1.54, 1.807) is 6.21 Å². The first-order valence-electron chi connectivity index (χ1n) is 6.43. The number of benzene rings is 1. The van der Waals surface area contributed by atoms with Gasteiger partial charge in [-0.3, -0.25) is 4.99 Å². The standard InChI is InChI=1S/C15H23NO2/c1-10(2)13-7-5-6-12(15(13)18)8-16-14(9-17)11(3)4/h5-8,10-11,14,17-18H,9H2,1-4H3. The number of phenolic OH excluding ortho intramolecular Hbond substituents is 1. The SMILES string of the molecule is CC(C)c1cccc(C=NC(CO)C(C)C)c1O. The first kappa shape index (κ1) is 14.7. The van der Waals surface area contributed by atoms with Gasteiger partial charge in [0.15, 0.2) is 0 Å². The van der Waals surface area contributed by atoms with Crippen molar-refractivity contribution in [1.29, 1.82) is 0 Å². The Bertz CT molecular complexity index is 411. The molecule has 0 fully saturated rings. The van der Waals surface area contributed by atoms with Crippen LogP contribution in [-0.2, 0) is 0 Å². The van der Waals surface area contributed by atoms with Crippen molar-refractivity contribution in [3.8, 4) is 5.75 Å². The normalized spacial score (nSPS) is 13.7. The van der Waals surface area contributed by atoms with Gasteiger partial charge in [0.05, 0.1) is 12.6 Å². The quantitative estimate of drug-likeness (QED) is 0.788. The van der Waals surface area contributed by atoms with Crippen LogP contribution in [0.25, 0.3) is 0 Å². The van der Waals surface area contributed by atoms with E-state index in [0.29, 0.717) is 5.56 Å². The summed E-state index contributed by atoms with van der Waals surface area (Å²) in [6.07, 6.45) is 1.65. The molecule has 0 radical (unpaired) electrons. The minimum Gasteiger partial charge on any atom is -0.507 e. The zero-order valence-corrected chi connectivity index (χ0v) is 11.6. The number of hydrogen-bond donors (Lipinski definition) is 2. The van der Waals surface area contributed by atoms with Crippen LogP contribution in [0.5, 0.6) is 5.75 Å². The Hall–Kier alpha value is -1.35. The number of phenols is 1. The maximum absolute atomic E-state index is 10.1. The third-order valence-corrected chi connectivity index (χ3v) is 3.08. The van der Waals surface area contributed by atoms with Gasteiger partial charge in [-0.15, -0.1) is 0 Å². The predicted molar refractivity (Wildman–Crippen MR) is 75.5 cm³/mol. The lowest BCUT2D eigenvalue weighted by atomic mass is 9.99. The molecule has 0 bridgehead atoms. The molecular weight excluding hydrogens is 226 g/mol. The van der Waals surface area contributed by atoms with Crippen LogP contribution in [0.1, 0.15) is 44.7 Å². The molecule has 1 unspecified atom stereocenters. The van der Waals surface area contributed by atoms with Crippen molar-refractivity contribution in [3.05, 3.63) is 29.3 Å². The Balaban J connectivity index is 2.97. The fourth-order valence-corrected chi connectivity index (χ4v) is 1.76. The maximum atomic E-state index is 10.1. The summed E-state index contributed by atoms with van der Waals surface area (Å²) in [5, 5.41) is 19.3. The molecule has 3 heteroatoms. The zero-order chi connectivity index (χ0) is 13.7. The van der Waals surface area contributed by atoms with Crippen LogP contribution in [0.4, 0.5) is 0 Å². The molecule has 0 aliphatic rings. The highest BCUT2D eigenvalue weighted by Gasteiger charge is 2.11. The van der Waals surface area contributed by atoms with E-state index >= 15 is 0 Å². The molecule has 0 amide bonds. The van der Waals surface area contributed by atoms with Crippen LogP contribution >= 0.6 is 0 Å². The molecule has 0 heterocycles. The Morgan fingerprint density at radius 1 is 1.22 bits per heavy atom. The van der Waals surface area contributed by atoms with Crippen molar-refractivity contribution >= 4 is 6.21 Å². The maximum Gasteiger partial charge on any atom is 0.127 e. The fourth-order valence-electron chi connectivity index (χ4n) is 1.76. The average molecular weight is 249 g/mol. The lowest BCUT2D eigenvalue weighted by Crippen LogP contribution is -2.17. The number of para-hydroxylation sites is 1. The molecule has 2 N–H and O–H groups in total. The van der Waals surface area contributed by atoms with Crippen molar-refractivity contribution in [1.82, 2.24) is 0 Å². The second-order valence-corrected chi connectivity index (χ2v) is 5.21. The second kappa shape index (κ2) is 6.55. The van der Waals surface area contributed by atoms with Gasteiger partial charge in [0.25, 0.3) is 0 Å². The molecule has 18 heavy (non-hydrogen) atoms. The van der Waals surface area contributed by atoms with Crippen molar-refractivity contribution in [2.24, 2.45) is 10.9 Å². The number of rotatable bonds is 5. The topological polar surface area (TPSA) is 52.8 Å². The van der Waals surface area contributed by atoms with Gasteiger partial charge in [0.1, 0.15) is 5.75 Å². The first-order chi connectivity index (χ1) is 8.47. The molecule has 100 valence electrons. The molecule has 0 aliphatic carbocycles. The number of aliphatic hydroxyl groups excluding tert-OH is 1. The summed E-state index contributed by atoms with van der Waals surface area (Å²) in [5.41, 5.74) is 1.63. The third kappa shape index (κ3) is 3.57. The molecule has 1 aromatic rings. The summed E-state index contributed by atoms with van der Waals surface area (Å²) < 4.78 is 0. The molecular formula is C15H23NO2. The summed E-state index contributed by atoms with van der Waals surface area (Å²) in [5.74, 6) is 0.843. The lowest BCUT2D eigenvalue weighted by molar-refractivity contribution is 0.240. The Morgan fingerprint density at radius 3 is 2.39 bits per heavy atom. The largest absolute Gasteiger partial charge is 0.507 e. The van der Waals surface area contributed by atoms with Crippen LogP contribution in [0.3, 0.4) is 0 Å². The molecule has 0 aliphatic heterocycles. The summed E-state index contributed by atoms with van der Waals surface area (Å²) in [6.45, 7) is 8.14. The van der Waals surface area contributed by atoms with Gasteiger partial charge in [0, 0.05) is 11.8 Å². The van der Waals surface area contributed by atoms with Crippen molar-refractivity contribution in [2.75, 3.05) is 6.61 Å². The van der Waals surface area contributed by atoms with Crippen LogP contribution in [0.15, 0.2) is 23.2 Å². The van der Waals surface area contributed by atoms with E-state index in [1.807, 2.05) is 45.9 Å². The van der Waals surface area contributed by atoms with Crippen LogP contribution in [0.2, 0.25) is 0 Å². The minimum atomic E-state index is -0.118. The Labute approximate surface area is 109 Å². The van der Waals surface area contributed by atoms with Crippen molar-refractivity contribution in [2.45, 2.75) is 39.7 Å². The monoisotopic (exact) mass is 249 g/mol. The predicted octanol–water partition coefficient (Wildman–Crippen LogP) is 2.95. The minimum absolute atomic E-state index is 0.0266. The van der Waals surface area contributed by atoms with Gasteiger partial charge in [-0.05, 0) is 23.5 Å². The van der Waals surface area contributed by atoms with E-state index in [9.17, 15) is 10.2 Å². The third-order valence-electron chi connectivity index (χ3n) is 3.08. The number of nitrogens with zero attached hydrogens (tertiary/aromatic N) is 1. The summed E-state index contributed by atoms with van der Waals surface area (Å²) >= 11 is 0. The molecule has 1 atom stereocenters. The number of aliphatic hydroxyl groups is 1. The highest BCUT2D eigenvalue weighted by molar-refractivity contribution is 5.84. The Morgan fingerprint density at radius 2 is 1.89 bits per heavy atom. The summed E-state index contributed by atoms with van der Waals surface area (Å²) in [4.78, 5) is 4.34. The van der Waals surface area contributed by atoms with Crippen molar-refractivity contribution < 1.29 is 10.2 Å². The van der Waals surface area contributed by atoms with E-state index in [2.05, 4.69) is 4.99 Å². The molecule has 0 saturated heterocycles. The van der Waals surface area contributed by atoms with E-state index < -0.39 is 0 Å². The van der Waals surface area contributed by atoms with Gasteiger partial charge >= 0.3 is 0 Å². The van der Waals surface area contributed by atoms with Gasteiger partial charge in [-0.25, -0.2) is 0 Å².